The molecule has 0 radical (unpaired) electrons. The third-order valence-electron chi connectivity index (χ3n) is 3.04. The van der Waals surface area contributed by atoms with E-state index in [0.29, 0.717) is 6.61 Å². The number of thioether (sulfide) groups is 1. The number of hydrogen-bond donors (Lipinski definition) is 0. The van der Waals surface area contributed by atoms with Crippen molar-refractivity contribution >= 4 is 21.8 Å². The van der Waals surface area contributed by atoms with Crippen LogP contribution in [0.4, 0.5) is 0 Å². The number of hydrogen-bond acceptors (Lipinski definition) is 5. The molecule has 1 aromatic heterocycles. The van der Waals surface area contributed by atoms with Gasteiger partial charge in [0.15, 0.2) is 0 Å². The molecule has 0 saturated heterocycles. The smallest absolute Gasteiger partial charge is 0.244 e. The average molecular weight is 352 g/mol. The van der Waals surface area contributed by atoms with E-state index in [1.165, 1.54) is 24.6 Å². The van der Waals surface area contributed by atoms with Crippen LogP contribution in [-0.2, 0) is 10.0 Å². The first-order chi connectivity index (χ1) is 11.0. The maximum atomic E-state index is 11.9. The molecule has 1 heterocycles. The van der Waals surface area contributed by atoms with Crippen LogP contribution in [0.2, 0.25) is 0 Å². The van der Waals surface area contributed by atoms with E-state index in [2.05, 4.69) is 4.98 Å². The van der Waals surface area contributed by atoms with Gasteiger partial charge in [-0.05, 0) is 30.7 Å². The molecular weight excluding hydrogens is 332 g/mol. The summed E-state index contributed by atoms with van der Waals surface area (Å²) in [6, 6.07) is 13.0. The molecule has 0 fully saturated rings. The molecule has 5 nitrogen and oxygen atoms in total. The maximum absolute atomic E-state index is 11.9. The summed E-state index contributed by atoms with van der Waals surface area (Å²) >= 11 is 1.58. The van der Waals surface area contributed by atoms with Gasteiger partial charge in [-0.25, -0.2) is 17.7 Å². The van der Waals surface area contributed by atoms with Crippen LogP contribution in [-0.4, -0.2) is 44.2 Å². The normalized spacial score (nSPS) is 11.6. The van der Waals surface area contributed by atoms with Crippen molar-refractivity contribution in [1.82, 2.24) is 9.29 Å². The summed E-state index contributed by atoms with van der Waals surface area (Å²) in [4.78, 5) is 4.41. The summed E-state index contributed by atoms with van der Waals surface area (Å²) in [6.45, 7) is 0.643. The van der Waals surface area contributed by atoms with E-state index < -0.39 is 10.0 Å². The minimum absolute atomic E-state index is 0.208. The Morgan fingerprint density at radius 2 is 1.87 bits per heavy atom. The quantitative estimate of drug-likeness (QED) is 0.540. The largest absolute Gasteiger partial charge is 0.494 e. The molecule has 0 aliphatic heterocycles. The van der Waals surface area contributed by atoms with Crippen LogP contribution in [0.25, 0.3) is 0 Å². The molecule has 0 N–H and O–H groups in total. The first-order valence-electron chi connectivity index (χ1n) is 7.19. The van der Waals surface area contributed by atoms with Gasteiger partial charge in [-0.3, -0.25) is 0 Å². The fourth-order valence-corrected chi connectivity index (χ4v) is 3.37. The minimum atomic E-state index is -3.41. The molecule has 124 valence electrons. The van der Waals surface area contributed by atoms with Crippen LogP contribution in [0.3, 0.4) is 0 Å². The molecule has 2 rings (SSSR count). The lowest BCUT2D eigenvalue weighted by molar-refractivity contribution is 0.318. The van der Waals surface area contributed by atoms with Crippen molar-refractivity contribution in [3.8, 4) is 5.75 Å². The van der Waals surface area contributed by atoms with E-state index in [9.17, 15) is 8.42 Å². The van der Waals surface area contributed by atoms with Crippen LogP contribution in [0, 0.1) is 0 Å². The Labute approximate surface area is 141 Å². The Balaban J connectivity index is 1.76. The predicted octanol–water partition coefficient (Wildman–Crippen LogP) is 2.89. The minimum Gasteiger partial charge on any atom is -0.494 e. The third-order valence-corrected chi connectivity index (χ3v) is 5.87. The molecule has 1 aromatic carbocycles. The highest BCUT2D eigenvalue weighted by atomic mass is 32.2. The average Bonchev–Trinajstić information content (AvgIpc) is 2.56. The van der Waals surface area contributed by atoms with Crippen LogP contribution < -0.4 is 4.74 Å². The molecule has 0 amide bonds. The lowest BCUT2D eigenvalue weighted by Gasteiger charge is -2.11. The topological polar surface area (TPSA) is 59.5 Å². The van der Waals surface area contributed by atoms with Gasteiger partial charge in [0.05, 0.1) is 11.6 Å². The molecule has 0 atom stereocenters. The highest BCUT2D eigenvalue weighted by Crippen LogP contribution is 2.19. The SMILES string of the molecule is CN(C)S(=O)(=O)c1ccc(SCCCOc2ccccc2)nc1. The number of ether oxygens (including phenoxy) is 1. The molecule has 2 aromatic rings. The van der Waals surface area contributed by atoms with Gasteiger partial charge in [-0.15, -0.1) is 11.8 Å². The maximum Gasteiger partial charge on any atom is 0.244 e. The van der Waals surface area contributed by atoms with E-state index in [1.54, 1.807) is 23.9 Å². The van der Waals surface area contributed by atoms with E-state index >= 15 is 0 Å². The van der Waals surface area contributed by atoms with Gasteiger partial charge in [0.2, 0.25) is 10.0 Å². The summed E-state index contributed by atoms with van der Waals surface area (Å²) < 4.78 is 30.7. The van der Waals surface area contributed by atoms with Crippen molar-refractivity contribution < 1.29 is 13.2 Å². The van der Waals surface area contributed by atoms with Crippen molar-refractivity contribution in [3.63, 3.8) is 0 Å². The van der Waals surface area contributed by atoms with Gasteiger partial charge >= 0.3 is 0 Å². The van der Waals surface area contributed by atoms with Crippen molar-refractivity contribution in [3.05, 3.63) is 48.7 Å². The molecule has 0 spiro atoms. The van der Waals surface area contributed by atoms with Crippen molar-refractivity contribution in [2.45, 2.75) is 16.3 Å². The van der Waals surface area contributed by atoms with E-state index in [0.717, 1.165) is 22.9 Å². The fraction of sp³-hybridized carbons (Fsp3) is 0.312. The van der Waals surface area contributed by atoms with Crippen molar-refractivity contribution in [2.24, 2.45) is 0 Å². The van der Waals surface area contributed by atoms with Gasteiger partial charge in [-0.1, -0.05) is 18.2 Å². The Kier molecular flexibility index (Phi) is 6.44. The summed E-state index contributed by atoms with van der Waals surface area (Å²) in [5.41, 5.74) is 0. The van der Waals surface area contributed by atoms with E-state index in [-0.39, 0.29) is 4.90 Å². The van der Waals surface area contributed by atoms with Crippen LogP contribution in [0.15, 0.2) is 58.6 Å². The predicted molar refractivity (Wildman–Crippen MR) is 92.4 cm³/mol. The van der Waals surface area contributed by atoms with Crippen molar-refractivity contribution in [2.75, 3.05) is 26.5 Å². The number of nitrogens with zero attached hydrogens (tertiary/aromatic N) is 2. The van der Waals surface area contributed by atoms with Gasteiger partial charge in [0, 0.05) is 26.0 Å². The molecule has 0 aliphatic rings. The van der Waals surface area contributed by atoms with Gasteiger partial charge in [0.1, 0.15) is 10.6 Å². The second-order valence-electron chi connectivity index (χ2n) is 4.98. The number of sulfonamides is 1. The Morgan fingerprint density at radius 3 is 2.48 bits per heavy atom. The summed E-state index contributed by atoms with van der Waals surface area (Å²) in [6.07, 6.45) is 2.29. The number of benzene rings is 1. The van der Waals surface area contributed by atoms with Crippen molar-refractivity contribution in [1.29, 1.82) is 0 Å². The lowest BCUT2D eigenvalue weighted by Crippen LogP contribution is -2.22. The first-order valence-corrected chi connectivity index (χ1v) is 9.62. The summed E-state index contributed by atoms with van der Waals surface area (Å²) in [7, 11) is -0.402. The fourth-order valence-electron chi connectivity index (χ4n) is 1.76. The second kappa shape index (κ2) is 8.33. The summed E-state index contributed by atoms with van der Waals surface area (Å²) in [5, 5.41) is 0.808. The molecule has 0 bridgehead atoms. The van der Waals surface area contributed by atoms with Gasteiger partial charge in [0.25, 0.3) is 0 Å². The standard InChI is InChI=1S/C16H20N2O3S2/c1-18(2)23(19,20)15-9-10-16(17-13-15)22-12-6-11-21-14-7-4-3-5-8-14/h3-5,7-10,13H,6,11-12H2,1-2H3. The monoisotopic (exact) mass is 352 g/mol. The molecule has 0 saturated carbocycles. The molecule has 0 unspecified atom stereocenters. The highest BCUT2D eigenvalue weighted by Gasteiger charge is 2.17. The molecule has 7 heteroatoms. The Bertz CT molecular complexity index is 702. The second-order valence-corrected chi connectivity index (χ2v) is 8.25. The first kappa shape index (κ1) is 17.8. The van der Waals surface area contributed by atoms with E-state index in [4.69, 9.17) is 4.74 Å². The third kappa shape index (κ3) is 5.23. The number of rotatable bonds is 8. The summed E-state index contributed by atoms with van der Waals surface area (Å²) in [5.74, 6) is 1.73. The highest BCUT2D eigenvalue weighted by molar-refractivity contribution is 7.99. The molecular formula is C16H20N2O3S2. The molecule has 0 aliphatic carbocycles. The van der Waals surface area contributed by atoms with Gasteiger partial charge in [-0.2, -0.15) is 0 Å². The zero-order valence-corrected chi connectivity index (χ0v) is 14.8. The Hall–Kier alpha value is -1.57. The van der Waals surface area contributed by atoms with Gasteiger partial charge < -0.3 is 4.74 Å². The van der Waals surface area contributed by atoms with E-state index in [1.807, 2.05) is 30.3 Å². The molecule has 23 heavy (non-hydrogen) atoms. The van der Waals surface area contributed by atoms with Crippen LogP contribution >= 0.6 is 11.8 Å². The number of pyridine rings is 1. The number of para-hydroxylation sites is 1. The zero-order valence-electron chi connectivity index (χ0n) is 13.2. The Morgan fingerprint density at radius 1 is 1.13 bits per heavy atom. The zero-order chi connectivity index (χ0) is 16.7. The number of aromatic nitrogens is 1. The van der Waals surface area contributed by atoms with Crippen LogP contribution in [0.1, 0.15) is 6.42 Å². The van der Waals surface area contributed by atoms with Crippen LogP contribution in [0.5, 0.6) is 5.75 Å². The lowest BCUT2D eigenvalue weighted by atomic mass is 10.3.